The van der Waals surface area contributed by atoms with Gasteiger partial charge in [0, 0.05) is 4.47 Å². The van der Waals surface area contributed by atoms with Crippen molar-refractivity contribution in [1.82, 2.24) is 0 Å². The molecule has 2 rings (SSSR count). The fourth-order valence-electron chi connectivity index (χ4n) is 1.29. The van der Waals surface area contributed by atoms with Gasteiger partial charge in [0.15, 0.2) is 0 Å². The second kappa shape index (κ2) is 2.91. The van der Waals surface area contributed by atoms with Crippen LogP contribution < -0.4 is 0 Å². The number of hydrogen-bond acceptors (Lipinski definition) is 0. The lowest BCUT2D eigenvalue weighted by Gasteiger charge is -1.99. The van der Waals surface area contributed by atoms with E-state index in [1.165, 1.54) is 18.4 Å². The lowest BCUT2D eigenvalue weighted by Crippen LogP contribution is -1.77. The van der Waals surface area contributed by atoms with E-state index in [1.807, 2.05) is 12.1 Å². The smallest absolute Gasteiger partial charge is 0.201 e. The molecule has 1 aromatic carbocycles. The van der Waals surface area contributed by atoms with Crippen LogP contribution in [0.5, 0.6) is 0 Å². The maximum absolute atomic E-state index is 6.94. The van der Waals surface area contributed by atoms with Gasteiger partial charge in [-0.15, -0.1) is 0 Å². The van der Waals surface area contributed by atoms with Gasteiger partial charge in [-0.2, -0.15) is 0 Å². The normalized spacial score (nSPS) is 15.7. The summed E-state index contributed by atoms with van der Waals surface area (Å²) in [5.41, 5.74) is 2.06. The van der Waals surface area contributed by atoms with E-state index >= 15 is 0 Å². The Morgan fingerprint density at radius 2 is 2.17 bits per heavy atom. The molecule has 0 aromatic heterocycles. The third-order valence-corrected chi connectivity index (χ3v) is 2.81. The minimum atomic E-state index is 0.735. The molecule has 12 heavy (non-hydrogen) atoms. The molecule has 0 saturated heterocycles. The van der Waals surface area contributed by atoms with Crippen molar-refractivity contribution in [3.05, 3.63) is 39.7 Å². The van der Waals surface area contributed by atoms with E-state index in [2.05, 4.69) is 26.8 Å². The molecule has 0 amide bonds. The van der Waals surface area contributed by atoms with Gasteiger partial charge >= 0.3 is 0 Å². The molecule has 0 N–H and O–H groups in total. The van der Waals surface area contributed by atoms with Gasteiger partial charge in [-0.25, -0.2) is 4.85 Å². The first kappa shape index (κ1) is 7.82. The zero-order valence-electron chi connectivity index (χ0n) is 6.55. The molecular weight excluding hydrogens is 214 g/mol. The molecule has 0 unspecified atom stereocenters. The molecule has 1 saturated carbocycles. The molecule has 0 aliphatic heterocycles. The molecule has 60 valence electrons. The number of nitrogens with zero attached hydrogens (tertiary/aromatic N) is 1. The lowest BCUT2D eigenvalue weighted by molar-refractivity contribution is 1.13. The molecule has 0 bridgehead atoms. The number of hydrogen-bond donors (Lipinski definition) is 0. The summed E-state index contributed by atoms with van der Waals surface area (Å²) in [6.45, 7) is 6.94. The van der Waals surface area contributed by atoms with E-state index in [0.29, 0.717) is 0 Å². The highest BCUT2D eigenvalue weighted by Crippen LogP contribution is 2.42. The number of benzene rings is 1. The van der Waals surface area contributed by atoms with E-state index in [-0.39, 0.29) is 0 Å². The van der Waals surface area contributed by atoms with E-state index in [4.69, 9.17) is 6.57 Å². The summed E-state index contributed by atoms with van der Waals surface area (Å²) < 4.78 is 0.905. The number of rotatable bonds is 1. The van der Waals surface area contributed by atoms with Crippen LogP contribution in [0, 0.1) is 6.57 Å². The highest BCUT2D eigenvalue weighted by atomic mass is 79.9. The largest absolute Gasteiger partial charge is 0.237 e. The summed E-state index contributed by atoms with van der Waals surface area (Å²) in [7, 11) is 0. The van der Waals surface area contributed by atoms with E-state index in [0.717, 1.165) is 16.1 Å². The fourth-order valence-corrected chi connectivity index (χ4v) is 1.62. The fraction of sp³-hybridized carbons (Fsp3) is 0.300. The molecule has 1 fully saturated rings. The molecule has 0 spiro atoms. The standard InChI is InChI=1S/C10H8BrN/c1-12-10-6-8(7-2-3-7)4-5-9(10)11/h4-7H,2-3H2. The Morgan fingerprint density at radius 3 is 2.75 bits per heavy atom. The summed E-state index contributed by atoms with van der Waals surface area (Å²) in [4.78, 5) is 3.44. The Morgan fingerprint density at radius 1 is 1.42 bits per heavy atom. The van der Waals surface area contributed by atoms with Crippen LogP contribution in [0.25, 0.3) is 4.85 Å². The van der Waals surface area contributed by atoms with Crippen molar-refractivity contribution >= 4 is 21.6 Å². The summed E-state index contributed by atoms with van der Waals surface area (Å²) >= 11 is 3.35. The van der Waals surface area contributed by atoms with Gasteiger partial charge < -0.3 is 0 Å². The van der Waals surface area contributed by atoms with Gasteiger partial charge in [-0.05, 0) is 18.8 Å². The Hall–Kier alpha value is -0.810. The van der Waals surface area contributed by atoms with Crippen LogP contribution in [0.1, 0.15) is 24.3 Å². The van der Waals surface area contributed by atoms with Gasteiger partial charge in [0.1, 0.15) is 0 Å². The second-order valence-corrected chi connectivity index (χ2v) is 3.95. The zero-order chi connectivity index (χ0) is 8.55. The molecule has 0 heterocycles. The third kappa shape index (κ3) is 1.37. The van der Waals surface area contributed by atoms with Gasteiger partial charge in [-0.3, -0.25) is 0 Å². The SMILES string of the molecule is [C-]#[N+]c1cc(C2CC2)ccc1Br. The number of halogens is 1. The predicted molar refractivity (Wildman–Crippen MR) is 52.4 cm³/mol. The highest BCUT2D eigenvalue weighted by Gasteiger charge is 2.23. The van der Waals surface area contributed by atoms with Crippen LogP contribution in [0.3, 0.4) is 0 Å². The van der Waals surface area contributed by atoms with Crippen LogP contribution >= 0.6 is 15.9 Å². The van der Waals surface area contributed by atoms with E-state index in [9.17, 15) is 0 Å². The quantitative estimate of drug-likeness (QED) is 0.635. The molecule has 1 nitrogen and oxygen atoms in total. The topological polar surface area (TPSA) is 4.36 Å². The molecule has 0 atom stereocenters. The predicted octanol–water partition coefficient (Wildman–Crippen LogP) is 3.88. The average molecular weight is 222 g/mol. The third-order valence-electron chi connectivity index (χ3n) is 2.14. The Kier molecular flexibility index (Phi) is 1.90. The molecular formula is C10H8BrN. The average Bonchev–Trinajstić information content (AvgIpc) is 2.88. The first-order valence-electron chi connectivity index (χ1n) is 3.98. The van der Waals surface area contributed by atoms with Gasteiger partial charge in [0.25, 0.3) is 0 Å². The van der Waals surface area contributed by atoms with E-state index in [1.54, 1.807) is 0 Å². The first-order valence-corrected chi connectivity index (χ1v) is 4.77. The van der Waals surface area contributed by atoms with Crippen molar-refractivity contribution in [3.8, 4) is 0 Å². The van der Waals surface area contributed by atoms with Crippen LogP contribution in [-0.2, 0) is 0 Å². The minimum absolute atomic E-state index is 0.735. The van der Waals surface area contributed by atoms with Crippen LogP contribution in [0.15, 0.2) is 22.7 Å². The van der Waals surface area contributed by atoms with Crippen LogP contribution in [0.2, 0.25) is 0 Å². The van der Waals surface area contributed by atoms with Crippen molar-refractivity contribution in [2.45, 2.75) is 18.8 Å². The summed E-state index contributed by atoms with van der Waals surface area (Å²) in [5.74, 6) is 0.735. The maximum Gasteiger partial charge on any atom is 0.201 e. The second-order valence-electron chi connectivity index (χ2n) is 3.10. The summed E-state index contributed by atoms with van der Waals surface area (Å²) in [6.07, 6.45) is 2.58. The zero-order valence-corrected chi connectivity index (χ0v) is 8.13. The van der Waals surface area contributed by atoms with Crippen molar-refractivity contribution < 1.29 is 0 Å². The molecule has 0 radical (unpaired) electrons. The molecule has 1 aliphatic rings. The minimum Gasteiger partial charge on any atom is -0.237 e. The summed E-state index contributed by atoms with van der Waals surface area (Å²) in [6, 6.07) is 6.08. The maximum atomic E-state index is 6.94. The highest BCUT2D eigenvalue weighted by molar-refractivity contribution is 9.10. The van der Waals surface area contributed by atoms with Gasteiger partial charge in [-0.1, -0.05) is 39.7 Å². The molecule has 2 heteroatoms. The first-order chi connectivity index (χ1) is 5.81. The lowest BCUT2D eigenvalue weighted by atomic mass is 10.1. The van der Waals surface area contributed by atoms with Crippen molar-refractivity contribution in [3.63, 3.8) is 0 Å². The van der Waals surface area contributed by atoms with Gasteiger partial charge in [0.2, 0.25) is 5.69 Å². The van der Waals surface area contributed by atoms with E-state index < -0.39 is 0 Å². The Bertz CT molecular complexity index is 347. The van der Waals surface area contributed by atoms with Crippen LogP contribution in [-0.4, -0.2) is 0 Å². The monoisotopic (exact) mass is 221 g/mol. The summed E-state index contributed by atoms with van der Waals surface area (Å²) in [5, 5.41) is 0. The van der Waals surface area contributed by atoms with Crippen molar-refractivity contribution in [2.75, 3.05) is 0 Å². The van der Waals surface area contributed by atoms with Crippen molar-refractivity contribution in [1.29, 1.82) is 0 Å². The Balaban J connectivity index is 2.42. The molecule has 1 aromatic rings. The van der Waals surface area contributed by atoms with Crippen molar-refractivity contribution in [2.24, 2.45) is 0 Å². The molecule has 1 aliphatic carbocycles. The van der Waals surface area contributed by atoms with Gasteiger partial charge in [0.05, 0.1) is 6.57 Å². The Labute approximate surface area is 80.4 Å². The van der Waals surface area contributed by atoms with Crippen LogP contribution in [0.4, 0.5) is 5.69 Å².